The van der Waals surface area contributed by atoms with E-state index in [0.29, 0.717) is 5.92 Å². The van der Waals surface area contributed by atoms with Gasteiger partial charge in [0.05, 0.1) is 11.3 Å². The average molecular weight is 731 g/mol. The predicted octanol–water partition coefficient (Wildman–Crippen LogP) is 9.94. The van der Waals surface area contributed by atoms with Gasteiger partial charge >= 0.3 is 0 Å². The first-order valence-electron chi connectivity index (χ1n) is 13.7. The van der Waals surface area contributed by atoms with Crippen LogP contribution in [0.4, 0.5) is 0 Å². The molecule has 4 aromatic carbocycles. The monoisotopic (exact) mass is 731 g/mol. The van der Waals surface area contributed by atoms with Crippen molar-refractivity contribution in [2.24, 2.45) is 0 Å². The second kappa shape index (κ2) is 13.6. The van der Waals surface area contributed by atoms with E-state index in [-0.39, 0.29) is 31.6 Å². The van der Waals surface area contributed by atoms with E-state index >= 15 is 0 Å². The van der Waals surface area contributed by atoms with E-state index in [1.165, 1.54) is 30.9 Å². The number of rotatable bonds is 5. The van der Waals surface area contributed by atoms with Crippen LogP contribution in [0.5, 0.6) is 0 Å². The summed E-state index contributed by atoms with van der Waals surface area (Å²) in [6, 6.07) is 37.3. The average Bonchev–Trinajstić information content (AvgIpc) is 3.41. The zero-order valence-corrected chi connectivity index (χ0v) is 26.4. The van der Waals surface area contributed by atoms with Crippen molar-refractivity contribution in [3.63, 3.8) is 0 Å². The number of fused-ring (bicyclic) bond motifs is 2. The molecule has 0 fully saturated rings. The van der Waals surface area contributed by atoms with Gasteiger partial charge in [-0.3, -0.25) is 4.79 Å². The molecular weight excluding hydrogens is 699 g/mol. The summed E-state index contributed by atoms with van der Waals surface area (Å²) < 4.78 is 6.36. The number of pyridine rings is 1. The van der Waals surface area contributed by atoms with Gasteiger partial charge in [0, 0.05) is 37.9 Å². The number of nitrogens with zero attached hydrogens (tertiary/aromatic N) is 1. The molecule has 0 unspecified atom stereocenters. The fourth-order valence-corrected chi connectivity index (χ4v) is 4.86. The second-order valence-electron chi connectivity index (χ2n) is 10.4. The smallest absolute Gasteiger partial charge is 0.155 e. The number of hydrogen-bond donors (Lipinski definition) is 1. The molecule has 1 N–H and O–H groups in total. The summed E-state index contributed by atoms with van der Waals surface area (Å²) in [6.45, 7) is 7.29. The number of hydrogen-bond acceptors (Lipinski definition) is 4. The molecule has 6 aromatic rings. The van der Waals surface area contributed by atoms with Crippen LogP contribution >= 0.6 is 0 Å². The third-order valence-electron chi connectivity index (χ3n) is 6.82. The molecule has 213 valence electrons. The summed E-state index contributed by atoms with van der Waals surface area (Å²) >= 11 is 0. The Morgan fingerprint density at radius 3 is 2.12 bits per heavy atom. The topological polar surface area (TPSA) is 63.3 Å². The van der Waals surface area contributed by atoms with Crippen LogP contribution in [0.2, 0.25) is 0 Å². The zero-order chi connectivity index (χ0) is 28.9. The molecule has 0 bridgehead atoms. The van der Waals surface area contributed by atoms with Crippen LogP contribution in [0.3, 0.4) is 0 Å². The van der Waals surface area contributed by atoms with Crippen molar-refractivity contribution in [3.8, 4) is 33.7 Å². The Kier molecular flexibility index (Phi) is 9.90. The summed E-state index contributed by atoms with van der Waals surface area (Å²) in [4.78, 5) is 14.8. The van der Waals surface area contributed by atoms with Gasteiger partial charge in [-0.15, -0.1) is 11.6 Å². The second-order valence-corrected chi connectivity index (χ2v) is 10.4. The zero-order valence-electron chi connectivity index (χ0n) is 24.0. The van der Waals surface area contributed by atoms with Crippen LogP contribution in [0, 0.1) is 6.07 Å². The van der Waals surface area contributed by atoms with E-state index in [2.05, 4.69) is 92.7 Å². The Hall–Kier alpha value is -4.31. The summed E-state index contributed by atoms with van der Waals surface area (Å²) in [5.41, 5.74) is 7.24. The summed E-state index contributed by atoms with van der Waals surface area (Å²) in [7, 11) is 0. The molecule has 0 saturated heterocycles. The van der Waals surface area contributed by atoms with Crippen molar-refractivity contribution >= 4 is 27.5 Å². The van der Waals surface area contributed by atoms with Gasteiger partial charge in [-0.25, -0.2) is 0 Å². The maximum absolute atomic E-state index is 10.0. The van der Waals surface area contributed by atoms with Crippen LogP contribution in [-0.2, 0) is 24.9 Å². The number of ketones is 1. The number of carbonyl (C=O) groups excluding carboxylic acids is 1. The summed E-state index contributed by atoms with van der Waals surface area (Å²) in [5.74, 6) is 1.26. The number of allylic oxidation sites excluding steroid dienone is 2. The third-order valence-corrected chi connectivity index (χ3v) is 6.82. The molecule has 4 nitrogen and oxygen atoms in total. The molecular formula is C37H32IrNO3-. The number of benzene rings is 4. The van der Waals surface area contributed by atoms with E-state index in [0.717, 1.165) is 50.1 Å². The minimum Gasteiger partial charge on any atom is -0.512 e. The largest absolute Gasteiger partial charge is 0.512 e. The van der Waals surface area contributed by atoms with E-state index < -0.39 is 0 Å². The molecule has 0 spiro atoms. The van der Waals surface area contributed by atoms with E-state index in [1.54, 1.807) is 0 Å². The Morgan fingerprint density at radius 2 is 1.52 bits per heavy atom. The number of aliphatic hydroxyl groups excluding tert-OH is 1. The fourth-order valence-electron chi connectivity index (χ4n) is 4.86. The predicted molar refractivity (Wildman–Crippen MR) is 168 cm³/mol. The van der Waals surface area contributed by atoms with Crippen molar-refractivity contribution in [2.75, 3.05) is 0 Å². The van der Waals surface area contributed by atoms with Crippen molar-refractivity contribution < 1.29 is 34.4 Å². The normalized spacial score (nSPS) is 11.2. The number of carbonyl (C=O) groups is 1. The molecule has 0 amide bonds. The molecule has 6 rings (SSSR count). The van der Waals surface area contributed by atoms with Gasteiger partial charge in [0.15, 0.2) is 5.78 Å². The first-order valence-corrected chi connectivity index (χ1v) is 13.7. The molecule has 0 aliphatic rings. The van der Waals surface area contributed by atoms with Gasteiger partial charge in [0.1, 0.15) is 5.76 Å². The maximum atomic E-state index is 10.0. The van der Waals surface area contributed by atoms with Gasteiger partial charge in [-0.2, -0.15) is 0 Å². The molecule has 0 aliphatic heterocycles. The quantitative estimate of drug-likeness (QED) is 0.109. The first kappa shape index (κ1) is 30.6. The van der Waals surface area contributed by atoms with E-state index in [9.17, 15) is 4.79 Å². The van der Waals surface area contributed by atoms with Gasteiger partial charge in [-0.1, -0.05) is 110 Å². The van der Waals surface area contributed by atoms with Gasteiger partial charge < -0.3 is 14.5 Å². The van der Waals surface area contributed by atoms with Gasteiger partial charge in [-0.05, 0) is 59.5 Å². The molecule has 42 heavy (non-hydrogen) atoms. The van der Waals surface area contributed by atoms with Crippen LogP contribution in [0.1, 0.15) is 39.2 Å². The van der Waals surface area contributed by atoms with Crippen molar-refractivity contribution in [3.05, 3.63) is 127 Å². The van der Waals surface area contributed by atoms with Crippen molar-refractivity contribution in [1.82, 2.24) is 4.98 Å². The standard InChI is InChI=1S/C32H24NO.C5H8O2.Ir/c1-21(2)24-13-14-27-25(17-24)15-16-33-32(27)26-18-28(22-9-5-3-6-10-22)29-20-30(34-31(29)19-26)23-11-7-4-8-12-23;1-4(6)3-5(2)7;/h3-18,20-21H,1-2H3;3,6H,1-2H3;/q-1;;/b;4-3-;. The van der Waals surface area contributed by atoms with Crippen LogP contribution in [0.25, 0.3) is 55.4 Å². The first-order chi connectivity index (χ1) is 19.8. The molecule has 0 saturated carbocycles. The molecule has 0 aliphatic carbocycles. The third kappa shape index (κ3) is 6.94. The summed E-state index contributed by atoms with van der Waals surface area (Å²) in [6.07, 6.45) is 3.06. The van der Waals surface area contributed by atoms with Gasteiger partial charge in [0.2, 0.25) is 0 Å². The van der Waals surface area contributed by atoms with Crippen molar-refractivity contribution in [2.45, 2.75) is 33.6 Å². The Labute approximate surface area is 260 Å². The summed E-state index contributed by atoms with van der Waals surface area (Å²) in [5, 5.41) is 11.7. The van der Waals surface area contributed by atoms with Crippen LogP contribution in [0.15, 0.2) is 120 Å². The minimum absolute atomic E-state index is 0. The molecule has 1 radical (unpaired) electrons. The van der Waals surface area contributed by atoms with E-state index in [1.807, 2.05) is 30.5 Å². The molecule has 2 aromatic heterocycles. The van der Waals surface area contributed by atoms with E-state index in [4.69, 9.17) is 14.5 Å². The fraction of sp³-hybridized carbons (Fsp3) is 0.135. The number of aromatic nitrogens is 1. The van der Waals surface area contributed by atoms with Crippen molar-refractivity contribution in [1.29, 1.82) is 0 Å². The maximum Gasteiger partial charge on any atom is 0.155 e. The Morgan fingerprint density at radius 1 is 0.857 bits per heavy atom. The Bertz CT molecular complexity index is 1850. The minimum atomic E-state index is -0.125. The SMILES string of the molecule is CC(=O)/C=C(/C)O.CC(C)c1ccc2c(-c3[c-]c4oc(-c5ccccc5)cc4c(-c4ccccc4)c3)nccc2c1.[Ir]. The Balaban J connectivity index is 0.000000454. The van der Waals surface area contributed by atoms with Crippen LogP contribution < -0.4 is 0 Å². The number of aliphatic hydroxyl groups is 1. The molecule has 2 heterocycles. The van der Waals surface area contributed by atoms with Gasteiger partial charge in [0.25, 0.3) is 0 Å². The molecule has 5 heteroatoms. The number of furan rings is 1. The van der Waals surface area contributed by atoms with Crippen LogP contribution in [-0.4, -0.2) is 15.9 Å². The molecule has 0 atom stereocenters.